The fourth-order valence-electron chi connectivity index (χ4n) is 8.44. The third kappa shape index (κ3) is 12.0. The molecule has 0 saturated heterocycles. The minimum absolute atomic E-state index is 0.0122. The van der Waals surface area contributed by atoms with Crippen LogP contribution >= 0.6 is 12.0 Å². The Morgan fingerprint density at radius 2 is 1.45 bits per heavy atom. The van der Waals surface area contributed by atoms with Crippen LogP contribution in [0.15, 0.2) is 93.2 Å². The molecule has 3 aromatic rings. The van der Waals surface area contributed by atoms with Crippen molar-refractivity contribution in [2.24, 2.45) is 0 Å². The Kier molecular flexibility index (Phi) is 15.8. The van der Waals surface area contributed by atoms with Gasteiger partial charge in [0, 0.05) is 58.8 Å². The fourth-order valence-corrected chi connectivity index (χ4v) is 11.1. The molecule has 19 nitrogen and oxygen atoms in total. The highest BCUT2D eigenvalue weighted by Crippen LogP contribution is 2.52. The predicted octanol–water partition coefficient (Wildman–Crippen LogP) is 6.50. The van der Waals surface area contributed by atoms with E-state index in [2.05, 4.69) is 9.37 Å². The minimum Gasteiger partial charge on any atom is -0.481 e. The van der Waals surface area contributed by atoms with Gasteiger partial charge in [-0.05, 0) is 98.8 Å². The normalized spacial score (nSPS) is 18.6. The Hall–Kier alpha value is -4.05. The van der Waals surface area contributed by atoms with E-state index in [-0.39, 0.29) is 42.1 Å². The van der Waals surface area contributed by atoms with Gasteiger partial charge in [0.05, 0.1) is 38.8 Å². The third-order valence-electron chi connectivity index (χ3n) is 11.2. The van der Waals surface area contributed by atoms with Crippen LogP contribution in [0.25, 0.3) is 10.8 Å². The van der Waals surface area contributed by atoms with Crippen LogP contribution in [0.2, 0.25) is 0 Å². The summed E-state index contributed by atoms with van der Waals surface area (Å²) in [6, 6.07) is 9.89. The second-order valence-corrected chi connectivity index (χ2v) is 22.7. The maximum atomic E-state index is 12.4. The number of benzene rings is 3. The smallest absolute Gasteiger partial charge is 0.303 e. The standard InChI is InChI=1S/C40H48N2O17S5/c1-39(2)35(42(21-11-23-62(49,50)51)33-18-16-29-30(38(33)39)24-28(64(55,56)57)26-34(29)60-59-58-45)12-6-4-7-13-36-40(3,19-9-5-8-14-37(43)44)31-25-27(63(52,53)54)15-17-32(31)41(36)20-10-22-61(46,47)48/h4,6-7,12-13,15-18,24-26H,5,8-11,14,19-23H2,1-3H3,(H5-,43,44,45,46,47,48,49,50,51,52,53,54,55,56,57)/p+1. The molecule has 0 radical (unpaired) electrons. The number of carbonyl (C=O) groups is 1. The van der Waals surface area contributed by atoms with Crippen molar-refractivity contribution < 1.29 is 81.0 Å². The monoisotopic (exact) mass is 989 g/mol. The van der Waals surface area contributed by atoms with E-state index in [1.165, 1.54) is 24.3 Å². The number of aliphatic carboxylic acids is 1. The average molecular weight is 990 g/mol. The summed E-state index contributed by atoms with van der Waals surface area (Å²) in [6.07, 6.45) is 10.3. The van der Waals surface area contributed by atoms with E-state index in [1.54, 1.807) is 47.4 Å². The van der Waals surface area contributed by atoms with E-state index in [0.29, 0.717) is 82.4 Å². The van der Waals surface area contributed by atoms with Crippen molar-refractivity contribution in [3.63, 3.8) is 0 Å². The van der Waals surface area contributed by atoms with Crippen LogP contribution in [0, 0.1) is 0 Å². The lowest BCUT2D eigenvalue weighted by molar-refractivity contribution is -0.437. The largest absolute Gasteiger partial charge is 0.481 e. The molecule has 2 aliphatic rings. The van der Waals surface area contributed by atoms with Gasteiger partial charge >= 0.3 is 5.97 Å². The van der Waals surface area contributed by atoms with E-state index >= 15 is 0 Å². The van der Waals surface area contributed by atoms with Crippen molar-refractivity contribution in [1.82, 2.24) is 0 Å². The second-order valence-electron chi connectivity index (χ2n) is 16.0. The highest BCUT2D eigenvalue weighted by atomic mass is 32.2. The number of carboxylic acids is 1. The van der Waals surface area contributed by atoms with Gasteiger partial charge < -0.3 is 10.0 Å². The number of hydrogen-bond acceptors (Lipinski definition) is 14. The number of allylic oxidation sites excluding steroid dienone is 6. The van der Waals surface area contributed by atoms with Crippen LogP contribution in [0.1, 0.15) is 76.8 Å². The van der Waals surface area contributed by atoms with E-state index in [0.717, 1.165) is 6.07 Å². The summed E-state index contributed by atoms with van der Waals surface area (Å²) in [6.45, 7) is 5.73. The Morgan fingerprint density at radius 1 is 0.781 bits per heavy atom. The number of rotatable bonds is 22. The molecular weight excluding hydrogens is 941 g/mol. The lowest BCUT2D eigenvalue weighted by atomic mass is 9.77. The molecule has 24 heteroatoms. The van der Waals surface area contributed by atoms with Gasteiger partial charge in [-0.25, -0.2) is 5.26 Å². The van der Waals surface area contributed by atoms with Crippen molar-refractivity contribution in [1.29, 1.82) is 0 Å². The number of unbranched alkanes of at least 4 members (excludes halogenated alkanes) is 2. The molecule has 6 N–H and O–H groups in total. The van der Waals surface area contributed by atoms with E-state index in [1.807, 2.05) is 25.3 Å². The van der Waals surface area contributed by atoms with Gasteiger partial charge in [0.25, 0.3) is 40.5 Å². The van der Waals surface area contributed by atoms with Crippen molar-refractivity contribution >= 4 is 86.3 Å². The number of fused-ring (bicyclic) bond motifs is 4. The van der Waals surface area contributed by atoms with Crippen LogP contribution in [-0.2, 0) is 65.5 Å². The van der Waals surface area contributed by atoms with E-state index in [9.17, 15) is 56.7 Å². The van der Waals surface area contributed by atoms with Gasteiger partial charge in [-0.2, -0.15) is 38.2 Å². The molecule has 5 rings (SSSR count). The molecule has 0 bridgehead atoms. The summed E-state index contributed by atoms with van der Waals surface area (Å²) < 4.78 is 142. The average Bonchev–Trinajstić information content (AvgIpc) is 3.53. The summed E-state index contributed by atoms with van der Waals surface area (Å²) in [5, 5.41) is 22.6. The summed E-state index contributed by atoms with van der Waals surface area (Å²) in [4.78, 5) is 12.3. The number of hydrogen-bond donors (Lipinski definition) is 6. The first-order valence-corrected chi connectivity index (χ1v) is 26.5. The topological polar surface area (TPSA) is 300 Å². The molecule has 0 saturated carbocycles. The molecule has 2 aliphatic heterocycles. The zero-order valence-electron chi connectivity index (χ0n) is 34.8. The summed E-state index contributed by atoms with van der Waals surface area (Å²) in [7, 11) is -18.1. The number of carboxylic acid groups (broad SMARTS) is 1. The first kappa shape index (κ1) is 50.9. The molecule has 64 heavy (non-hydrogen) atoms. The van der Waals surface area contributed by atoms with E-state index < -0.39 is 73.7 Å². The Morgan fingerprint density at radius 3 is 2.08 bits per heavy atom. The summed E-state index contributed by atoms with van der Waals surface area (Å²) in [5.41, 5.74) is 1.57. The van der Waals surface area contributed by atoms with Crippen LogP contribution in [0.5, 0.6) is 0 Å². The zero-order chi connectivity index (χ0) is 47.5. The Bertz CT molecular complexity index is 2890. The molecule has 0 amide bonds. The van der Waals surface area contributed by atoms with Crippen LogP contribution in [0.4, 0.5) is 11.4 Å². The molecule has 0 aromatic heterocycles. The van der Waals surface area contributed by atoms with Crippen molar-refractivity contribution in [3.8, 4) is 0 Å². The zero-order valence-corrected chi connectivity index (χ0v) is 38.9. The van der Waals surface area contributed by atoms with Crippen molar-refractivity contribution in [3.05, 3.63) is 89.7 Å². The lowest BCUT2D eigenvalue weighted by Gasteiger charge is -2.30. The Balaban J connectivity index is 1.61. The second kappa shape index (κ2) is 19.8. The SMILES string of the molecule is CC1(C)C(/C=C/C=C/C=C2\N(CCCS(=O)(=O)O)c3ccc(S(=O)(=O)O)cc3C2(C)CCCCCC(=O)O)=[N+](CCCS(=O)(=O)O)c2ccc3c(SOOO)cc(S(=O)(=O)O)cc3c21. The maximum Gasteiger partial charge on any atom is 0.303 e. The van der Waals surface area contributed by atoms with Crippen LogP contribution in [0.3, 0.4) is 0 Å². The highest BCUT2D eigenvalue weighted by molar-refractivity contribution is 7.94. The predicted molar refractivity (Wildman–Crippen MR) is 237 cm³/mol. The van der Waals surface area contributed by atoms with Crippen LogP contribution in [-0.4, -0.2) is 103 Å². The quantitative estimate of drug-likeness (QED) is 0.0119. The lowest BCUT2D eigenvalue weighted by Crippen LogP contribution is -2.30. The molecule has 0 aliphatic carbocycles. The molecule has 0 fully saturated rings. The van der Waals surface area contributed by atoms with Gasteiger partial charge in [-0.3, -0.25) is 23.0 Å². The van der Waals surface area contributed by atoms with Gasteiger partial charge in [0.15, 0.2) is 5.71 Å². The van der Waals surface area contributed by atoms with Gasteiger partial charge in [-0.1, -0.05) is 36.1 Å². The third-order valence-corrected chi connectivity index (χ3v) is 15.2. The minimum atomic E-state index is -4.76. The molecule has 350 valence electrons. The Labute approximate surface area is 375 Å². The summed E-state index contributed by atoms with van der Waals surface area (Å²) in [5.74, 6) is -2.07. The first-order chi connectivity index (χ1) is 29.7. The number of nitrogens with zero attached hydrogens (tertiary/aromatic N) is 2. The van der Waals surface area contributed by atoms with E-state index in [4.69, 9.17) is 10.4 Å². The van der Waals surface area contributed by atoms with Gasteiger partial charge in [-0.15, -0.1) is 4.33 Å². The first-order valence-electron chi connectivity index (χ1n) is 19.6. The molecule has 0 spiro atoms. The molecule has 2 heterocycles. The molecule has 1 unspecified atom stereocenters. The summed E-state index contributed by atoms with van der Waals surface area (Å²) >= 11 is 0.492. The van der Waals surface area contributed by atoms with Crippen molar-refractivity contribution in [2.75, 3.05) is 29.5 Å². The molecule has 3 aromatic carbocycles. The number of anilines is 1. The van der Waals surface area contributed by atoms with Gasteiger partial charge in [0.1, 0.15) is 6.54 Å². The van der Waals surface area contributed by atoms with Crippen LogP contribution < -0.4 is 4.90 Å². The van der Waals surface area contributed by atoms with Gasteiger partial charge in [0.2, 0.25) is 5.69 Å². The highest BCUT2D eigenvalue weighted by Gasteiger charge is 2.46. The molecular formula is C40H49N2O17S5+. The fraction of sp³-hybridized carbons (Fsp3) is 0.400. The molecule has 1 atom stereocenters. The maximum absolute atomic E-state index is 12.4. The van der Waals surface area contributed by atoms with Crippen molar-refractivity contribution in [2.45, 2.75) is 91.2 Å².